The van der Waals surface area contributed by atoms with Crippen LogP contribution in [0.2, 0.25) is 0 Å². The Morgan fingerprint density at radius 2 is 1.32 bits per heavy atom. The number of nitrogens with zero attached hydrogens (tertiary/aromatic N) is 2. The van der Waals surface area contributed by atoms with E-state index in [9.17, 15) is 9.59 Å². The highest BCUT2D eigenvalue weighted by Gasteiger charge is 2.38. The Kier molecular flexibility index (Phi) is 6.79. The highest BCUT2D eigenvalue weighted by molar-refractivity contribution is 5.43. The second-order valence-corrected chi connectivity index (χ2v) is 9.16. The third kappa shape index (κ3) is 4.49. The zero-order valence-corrected chi connectivity index (χ0v) is 20.9. The van der Waals surface area contributed by atoms with Gasteiger partial charge in [-0.15, -0.1) is 6.58 Å². The monoisotopic (exact) mass is 494 g/mol. The molecular formula is C30H30N4O3. The van der Waals surface area contributed by atoms with Gasteiger partial charge in [0.25, 0.3) is 11.1 Å². The second-order valence-electron chi connectivity index (χ2n) is 9.16. The second kappa shape index (κ2) is 10.3. The van der Waals surface area contributed by atoms with Crippen molar-refractivity contribution in [2.75, 3.05) is 6.61 Å². The van der Waals surface area contributed by atoms with E-state index in [1.54, 1.807) is 6.08 Å². The predicted molar refractivity (Wildman–Crippen MR) is 146 cm³/mol. The summed E-state index contributed by atoms with van der Waals surface area (Å²) in [6, 6.07) is 18.9. The van der Waals surface area contributed by atoms with Crippen molar-refractivity contribution in [1.82, 2.24) is 19.6 Å². The minimum absolute atomic E-state index is 0.189. The van der Waals surface area contributed by atoms with Crippen molar-refractivity contribution in [3.63, 3.8) is 0 Å². The molecule has 0 saturated carbocycles. The smallest absolute Gasteiger partial charge is 0.275 e. The highest BCUT2D eigenvalue weighted by Crippen LogP contribution is 2.37. The molecule has 2 aromatic heterocycles. The van der Waals surface area contributed by atoms with Gasteiger partial charge in [-0.25, -0.2) is 9.36 Å². The van der Waals surface area contributed by atoms with Crippen LogP contribution < -0.4 is 11.1 Å². The van der Waals surface area contributed by atoms with Gasteiger partial charge in [-0.05, 0) is 38.1 Å². The van der Waals surface area contributed by atoms with Gasteiger partial charge >= 0.3 is 0 Å². The van der Waals surface area contributed by atoms with E-state index in [-0.39, 0.29) is 23.1 Å². The van der Waals surface area contributed by atoms with Crippen molar-refractivity contribution < 1.29 is 4.74 Å². The van der Waals surface area contributed by atoms with Gasteiger partial charge in [-0.2, -0.15) is 0 Å². The Morgan fingerprint density at radius 3 is 1.81 bits per heavy atom. The van der Waals surface area contributed by atoms with E-state index >= 15 is 0 Å². The van der Waals surface area contributed by atoms with Crippen molar-refractivity contribution in [3.8, 4) is 11.4 Å². The summed E-state index contributed by atoms with van der Waals surface area (Å²) in [5, 5.41) is 6.48. The van der Waals surface area contributed by atoms with E-state index in [1.807, 2.05) is 98.8 Å². The fraction of sp³-hybridized carbons (Fsp3) is 0.200. The molecule has 0 saturated heterocycles. The van der Waals surface area contributed by atoms with Crippen LogP contribution in [0.1, 0.15) is 28.4 Å². The van der Waals surface area contributed by atoms with Gasteiger partial charge < -0.3 is 4.74 Å². The van der Waals surface area contributed by atoms with Crippen molar-refractivity contribution in [1.29, 1.82) is 0 Å². The normalized spacial score (nSPS) is 16.9. The van der Waals surface area contributed by atoms with Gasteiger partial charge in [0.05, 0.1) is 24.1 Å². The maximum atomic E-state index is 14.0. The number of aryl methyl sites for hydroxylation is 2. The number of ether oxygens (including phenoxy) is 1. The lowest BCUT2D eigenvalue weighted by Gasteiger charge is -2.31. The summed E-state index contributed by atoms with van der Waals surface area (Å²) < 4.78 is 9.19. The van der Waals surface area contributed by atoms with Crippen molar-refractivity contribution in [2.24, 2.45) is 5.92 Å². The number of H-pyrrole nitrogens is 2. The Hall–Kier alpha value is -4.36. The molecule has 37 heavy (non-hydrogen) atoms. The maximum Gasteiger partial charge on any atom is 0.275 e. The first-order valence-electron chi connectivity index (χ1n) is 12.3. The summed E-state index contributed by atoms with van der Waals surface area (Å²) in [4.78, 5) is 28.0. The number of hydrogen-bond acceptors (Lipinski definition) is 3. The summed E-state index contributed by atoms with van der Waals surface area (Å²) in [5.74, 6) is -0.846. The molecule has 2 aromatic carbocycles. The molecule has 1 aliphatic rings. The molecule has 0 aliphatic heterocycles. The Balaban J connectivity index is 1.73. The molecule has 0 unspecified atom stereocenters. The van der Waals surface area contributed by atoms with Gasteiger partial charge in [0.15, 0.2) is 0 Å². The minimum atomic E-state index is -0.557. The molecular weight excluding hydrogens is 464 g/mol. The lowest BCUT2D eigenvalue weighted by Crippen LogP contribution is -2.34. The Morgan fingerprint density at radius 1 is 0.838 bits per heavy atom. The molecule has 0 amide bonds. The number of benzene rings is 2. The number of nitrogens with one attached hydrogen (secondary N) is 2. The maximum absolute atomic E-state index is 14.0. The van der Waals surface area contributed by atoms with Crippen LogP contribution in [0.5, 0.6) is 0 Å². The Bertz CT molecular complexity index is 1470. The summed E-state index contributed by atoms with van der Waals surface area (Å²) >= 11 is 0. The summed E-state index contributed by atoms with van der Waals surface area (Å²) in [5.41, 5.74) is 3.57. The molecule has 0 bridgehead atoms. The van der Waals surface area contributed by atoms with Crippen LogP contribution in [0.25, 0.3) is 11.4 Å². The number of aromatic nitrogens is 4. The lowest BCUT2D eigenvalue weighted by atomic mass is 9.76. The van der Waals surface area contributed by atoms with E-state index in [4.69, 9.17) is 4.74 Å². The molecule has 7 heteroatoms. The zero-order valence-electron chi connectivity index (χ0n) is 20.9. The quantitative estimate of drug-likeness (QED) is 0.348. The number of aromatic amines is 2. The number of para-hydroxylation sites is 2. The molecule has 0 spiro atoms. The average molecular weight is 495 g/mol. The van der Waals surface area contributed by atoms with Crippen molar-refractivity contribution in [2.45, 2.75) is 25.9 Å². The fourth-order valence-electron chi connectivity index (χ4n) is 5.15. The molecule has 5 rings (SSSR count). The summed E-state index contributed by atoms with van der Waals surface area (Å²) in [6.45, 7) is 7.89. The molecule has 4 aromatic rings. The van der Waals surface area contributed by atoms with E-state index in [1.165, 1.54) is 9.36 Å². The number of rotatable bonds is 8. The third-order valence-electron chi connectivity index (χ3n) is 6.80. The van der Waals surface area contributed by atoms with Gasteiger partial charge in [0.1, 0.15) is 0 Å². The first-order valence-corrected chi connectivity index (χ1v) is 12.3. The molecule has 2 N–H and O–H groups in total. The number of allylic oxidation sites excluding steroid dienone is 2. The topological polar surface area (TPSA) is 84.8 Å². The van der Waals surface area contributed by atoms with Gasteiger partial charge in [0, 0.05) is 34.4 Å². The van der Waals surface area contributed by atoms with Gasteiger partial charge in [0.2, 0.25) is 0 Å². The van der Waals surface area contributed by atoms with E-state index < -0.39 is 5.92 Å². The molecule has 2 heterocycles. The zero-order chi connectivity index (χ0) is 25.9. The average Bonchev–Trinajstić information content (AvgIpc) is 3.39. The minimum Gasteiger partial charge on any atom is -0.369 e. The van der Waals surface area contributed by atoms with Crippen LogP contribution in [0.4, 0.5) is 0 Å². The fourth-order valence-corrected chi connectivity index (χ4v) is 5.15. The van der Waals surface area contributed by atoms with E-state index in [2.05, 4.69) is 16.8 Å². The number of hydrogen-bond donors (Lipinski definition) is 2. The van der Waals surface area contributed by atoms with E-state index in [0.717, 1.165) is 11.4 Å². The van der Waals surface area contributed by atoms with Gasteiger partial charge in [-0.3, -0.25) is 19.8 Å². The largest absolute Gasteiger partial charge is 0.369 e. The van der Waals surface area contributed by atoms with E-state index in [0.29, 0.717) is 29.1 Å². The first-order chi connectivity index (χ1) is 18.0. The van der Waals surface area contributed by atoms with Crippen LogP contribution >= 0.6 is 0 Å². The lowest BCUT2D eigenvalue weighted by molar-refractivity contribution is 0.0725. The third-order valence-corrected chi connectivity index (χ3v) is 6.80. The van der Waals surface area contributed by atoms with Gasteiger partial charge in [-0.1, -0.05) is 66.8 Å². The summed E-state index contributed by atoms with van der Waals surface area (Å²) in [6.07, 6.45) is 9.23. The van der Waals surface area contributed by atoms with Crippen LogP contribution in [0.15, 0.2) is 107 Å². The molecule has 0 radical (unpaired) electrons. The SMILES string of the molecule is C=CCO[C@@H]1C=CC=C[C@H]1C(c1c(C)[nH]n(-c2ccccc2)c1=O)c1c(C)[nH]n(-c2ccccc2)c1=O. The molecule has 0 fully saturated rings. The van der Waals surface area contributed by atoms with Crippen molar-refractivity contribution >= 4 is 0 Å². The van der Waals surface area contributed by atoms with Crippen molar-refractivity contribution in [3.05, 3.63) is 141 Å². The molecule has 7 nitrogen and oxygen atoms in total. The summed E-state index contributed by atoms with van der Waals surface area (Å²) in [7, 11) is 0. The molecule has 1 aliphatic carbocycles. The van der Waals surface area contributed by atoms with Crippen LogP contribution in [0.3, 0.4) is 0 Å². The van der Waals surface area contributed by atoms with Crippen LogP contribution in [-0.2, 0) is 4.74 Å². The highest BCUT2D eigenvalue weighted by atomic mass is 16.5. The van der Waals surface area contributed by atoms with Crippen LogP contribution in [0, 0.1) is 19.8 Å². The Labute approximate surface area is 215 Å². The predicted octanol–water partition coefficient (Wildman–Crippen LogP) is 4.71. The van der Waals surface area contributed by atoms with Crippen LogP contribution in [-0.4, -0.2) is 32.3 Å². The first kappa shape index (κ1) is 24.3. The molecule has 188 valence electrons. The standard InChI is InChI=1S/C30H30N4O3/c1-4-19-37-25-18-12-11-17-24(25)28(26-20(2)31-33(29(26)35)22-13-7-5-8-14-22)27-21(3)32-34(30(27)36)23-15-9-6-10-16-23/h4-18,24-25,28,31-32H,1,19H2,2-3H3/t24-,25-/m1/s1. The molecule has 2 atom stereocenters.